The molecule has 0 aromatic heterocycles. The van der Waals surface area contributed by atoms with Gasteiger partial charge in [0.1, 0.15) is 11.8 Å². The van der Waals surface area contributed by atoms with Crippen molar-refractivity contribution in [1.82, 2.24) is 5.32 Å². The number of esters is 1. The average molecular weight is 341 g/mol. The van der Waals surface area contributed by atoms with Gasteiger partial charge in [0.15, 0.2) is 0 Å². The second-order valence-corrected chi connectivity index (χ2v) is 5.43. The van der Waals surface area contributed by atoms with Gasteiger partial charge in [0, 0.05) is 12.0 Å². The predicted octanol–water partition coefficient (Wildman–Crippen LogP) is 2.99. The maximum absolute atomic E-state index is 12.5. The minimum Gasteiger partial charge on any atom is -0.494 e. The molecule has 2 aromatic carbocycles. The summed E-state index contributed by atoms with van der Waals surface area (Å²) in [5.74, 6) is -0.0621. The lowest BCUT2D eigenvalue weighted by atomic mass is 10.1. The van der Waals surface area contributed by atoms with E-state index < -0.39 is 12.0 Å². The second-order valence-electron chi connectivity index (χ2n) is 5.43. The molecule has 1 amide bonds. The monoisotopic (exact) mass is 341 g/mol. The van der Waals surface area contributed by atoms with Gasteiger partial charge in [-0.25, -0.2) is 4.79 Å². The van der Waals surface area contributed by atoms with Crippen LogP contribution in [0.4, 0.5) is 0 Å². The number of benzene rings is 2. The molecule has 0 aliphatic rings. The van der Waals surface area contributed by atoms with Crippen molar-refractivity contribution in [3.05, 3.63) is 65.7 Å². The quantitative estimate of drug-likeness (QED) is 0.750. The molecule has 2 rings (SSSR count). The first-order valence-corrected chi connectivity index (χ1v) is 8.38. The van der Waals surface area contributed by atoms with Crippen molar-refractivity contribution < 1.29 is 19.1 Å². The lowest BCUT2D eigenvalue weighted by Crippen LogP contribution is -2.43. The molecule has 132 valence electrons. The Morgan fingerprint density at radius 2 is 1.64 bits per heavy atom. The van der Waals surface area contributed by atoms with Crippen LogP contribution in [0.25, 0.3) is 0 Å². The summed E-state index contributed by atoms with van der Waals surface area (Å²) in [4.78, 5) is 24.7. The van der Waals surface area contributed by atoms with Crippen LogP contribution >= 0.6 is 0 Å². The number of carbonyl (C=O) groups excluding carboxylic acids is 2. The first kappa shape index (κ1) is 18.5. The van der Waals surface area contributed by atoms with Gasteiger partial charge in [-0.1, -0.05) is 30.3 Å². The summed E-state index contributed by atoms with van der Waals surface area (Å²) < 4.78 is 10.5. The molecule has 1 unspecified atom stereocenters. The number of hydrogen-bond donors (Lipinski definition) is 1. The van der Waals surface area contributed by atoms with Crippen LogP contribution in [0, 0.1) is 0 Å². The first-order valence-electron chi connectivity index (χ1n) is 8.38. The van der Waals surface area contributed by atoms with Crippen LogP contribution in [-0.4, -0.2) is 31.1 Å². The maximum Gasteiger partial charge on any atom is 0.328 e. The zero-order valence-electron chi connectivity index (χ0n) is 14.5. The number of hydrogen-bond acceptors (Lipinski definition) is 4. The standard InChI is InChI=1S/C20H23NO4/c1-3-24-17-12-10-16(11-13-17)19(22)21-18(20(23)25-4-2)14-15-8-6-5-7-9-15/h5-13,18H,3-4,14H2,1-2H3,(H,21,22). The summed E-state index contributed by atoms with van der Waals surface area (Å²) in [6.07, 6.45) is 0.377. The lowest BCUT2D eigenvalue weighted by Gasteiger charge is -2.17. The summed E-state index contributed by atoms with van der Waals surface area (Å²) >= 11 is 0. The molecule has 0 fully saturated rings. The Hall–Kier alpha value is -2.82. The van der Waals surface area contributed by atoms with E-state index in [1.54, 1.807) is 31.2 Å². The van der Waals surface area contributed by atoms with E-state index in [0.29, 0.717) is 24.3 Å². The van der Waals surface area contributed by atoms with Crippen molar-refractivity contribution in [3.8, 4) is 5.75 Å². The highest BCUT2D eigenvalue weighted by molar-refractivity contribution is 5.96. The molecular formula is C20H23NO4. The molecule has 0 radical (unpaired) electrons. The van der Waals surface area contributed by atoms with E-state index in [2.05, 4.69) is 5.32 Å². The van der Waals surface area contributed by atoms with Crippen LogP contribution in [-0.2, 0) is 16.0 Å². The number of amides is 1. The smallest absolute Gasteiger partial charge is 0.328 e. The highest BCUT2D eigenvalue weighted by Gasteiger charge is 2.23. The Morgan fingerprint density at radius 1 is 0.960 bits per heavy atom. The van der Waals surface area contributed by atoms with Crippen LogP contribution in [0.2, 0.25) is 0 Å². The molecule has 0 aliphatic carbocycles. The van der Waals surface area contributed by atoms with Gasteiger partial charge in [-0.05, 0) is 43.7 Å². The molecule has 0 saturated heterocycles. The Balaban J connectivity index is 2.09. The van der Waals surface area contributed by atoms with Crippen molar-refractivity contribution in [2.24, 2.45) is 0 Å². The summed E-state index contributed by atoms with van der Waals surface area (Å²) in [7, 11) is 0. The van der Waals surface area contributed by atoms with Gasteiger partial charge >= 0.3 is 5.97 Å². The summed E-state index contributed by atoms with van der Waals surface area (Å²) in [5.41, 5.74) is 1.42. The van der Waals surface area contributed by atoms with E-state index in [1.165, 1.54) is 0 Å². The van der Waals surface area contributed by atoms with Crippen molar-refractivity contribution in [2.75, 3.05) is 13.2 Å². The van der Waals surface area contributed by atoms with Gasteiger partial charge in [-0.15, -0.1) is 0 Å². The van der Waals surface area contributed by atoms with E-state index >= 15 is 0 Å². The number of nitrogens with one attached hydrogen (secondary N) is 1. The van der Waals surface area contributed by atoms with Gasteiger partial charge < -0.3 is 14.8 Å². The van der Waals surface area contributed by atoms with Crippen molar-refractivity contribution in [1.29, 1.82) is 0 Å². The van der Waals surface area contributed by atoms with Gasteiger partial charge in [-0.3, -0.25) is 4.79 Å². The summed E-state index contributed by atoms with van der Waals surface area (Å²) in [6.45, 7) is 4.47. The van der Waals surface area contributed by atoms with Gasteiger partial charge in [0.2, 0.25) is 0 Å². The maximum atomic E-state index is 12.5. The number of rotatable bonds is 8. The molecular weight excluding hydrogens is 318 g/mol. The van der Waals surface area contributed by atoms with Crippen molar-refractivity contribution in [2.45, 2.75) is 26.3 Å². The topological polar surface area (TPSA) is 64.6 Å². The molecule has 0 aliphatic heterocycles. The molecule has 0 heterocycles. The molecule has 25 heavy (non-hydrogen) atoms. The van der Waals surface area contributed by atoms with Gasteiger partial charge in [0.25, 0.3) is 5.91 Å². The fourth-order valence-corrected chi connectivity index (χ4v) is 2.40. The van der Waals surface area contributed by atoms with Crippen LogP contribution in [0.15, 0.2) is 54.6 Å². The number of ether oxygens (including phenoxy) is 2. The van der Waals surface area contributed by atoms with Gasteiger partial charge in [-0.2, -0.15) is 0 Å². The second kappa shape index (κ2) is 9.47. The molecule has 2 aromatic rings. The van der Waals surface area contributed by atoms with E-state index in [9.17, 15) is 9.59 Å². The largest absolute Gasteiger partial charge is 0.494 e. The lowest BCUT2D eigenvalue weighted by molar-refractivity contribution is -0.145. The normalized spacial score (nSPS) is 11.4. The molecule has 1 atom stereocenters. The highest BCUT2D eigenvalue weighted by Crippen LogP contribution is 2.13. The molecule has 1 N–H and O–H groups in total. The SMILES string of the molecule is CCOC(=O)C(Cc1ccccc1)NC(=O)c1ccc(OCC)cc1. The van der Waals surface area contributed by atoms with Crippen LogP contribution in [0.1, 0.15) is 29.8 Å². The van der Waals surface area contributed by atoms with Crippen LogP contribution < -0.4 is 10.1 Å². The fourth-order valence-electron chi connectivity index (χ4n) is 2.40. The first-order chi connectivity index (χ1) is 12.1. The third-order valence-corrected chi connectivity index (χ3v) is 3.59. The molecule has 0 spiro atoms. The molecule has 5 nitrogen and oxygen atoms in total. The van der Waals surface area contributed by atoms with E-state index in [1.807, 2.05) is 37.3 Å². The Bertz CT molecular complexity index is 683. The Morgan fingerprint density at radius 3 is 2.24 bits per heavy atom. The molecule has 0 saturated carbocycles. The molecule has 0 bridgehead atoms. The summed E-state index contributed by atoms with van der Waals surface area (Å²) in [5, 5.41) is 2.76. The fraction of sp³-hybridized carbons (Fsp3) is 0.300. The number of carbonyl (C=O) groups is 2. The van der Waals surface area contributed by atoms with E-state index in [4.69, 9.17) is 9.47 Å². The minimum atomic E-state index is -0.735. The van der Waals surface area contributed by atoms with Crippen molar-refractivity contribution >= 4 is 11.9 Å². The van der Waals surface area contributed by atoms with Crippen LogP contribution in [0.3, 0.4) is 0 Å². The minimum absolute atomic E-state index is 0.267. The Labute approximate surface area is 148 Å². The highest BCUT2D eigenvalue weighted by atomic mass is 16.5. The Kier molecular flexibility index (Phi) is 7.01. The van der Waals surface area contributed by atoms with Crippen LogP contribution in [0.5, 0.6) is 5.75 Å². The third kappa shape index (κ3) is 5.64. The molecule has 5 heteroatoms. The van der Waals surface area contributed by atoms with E-state index in [0.717, 1.165) is 5.56 Å². The average Bonchev–Trinajstić information content (AvgIpc) is 2.63. The zero-order chi connectivity index (χ0) is 18.1. The third-order valence-electron chi connectivity index (χ3n) is 3.59. The predicted molar refractivity (Wildman–Crippen MR) is 95.6 cm³/mol. The zero-order valence-corrected chi connectivity index (χ0v) is 14.5. The van der Waals surface area contributed by atoms with E-state index in [-0.39, 0.29) is 12.5 Å². The van der Waals surface area contributed by atoms with Gasteiger partial charge in [0.05, 0.1) is 13.2 Å². The van der Waals surface area contributed by atoms with Crippen molar-refractivity contribution in [3.63, 3.8) is 0 Å². The summed E-state index contributed by atoms with van der Waals surface area (Å²) in [6, 6.07) is 15.6.